The van der Waals surface area contributed by atoms with Gasteiger partial charge in [0.1, 0.15) is 12.3 Å². The minimum atomic E-state index is -0.188. The molecule has 2 fully saturated rings. The van der Waals surface area contributed by atoms with Crippen LogP contribution in [-0.4, -0.2) is 40.9 Å². The van der Waals surface area contributed by atoms with Crippen molar-refractivity contribution in [3.8, 4) is 11.8 Å². The average molecular weight is 272 g/mol. The maximum Gasteiger partial charge on any atom is 0.270 e. The third kappa shape index (κ3) is 2.67. The van der Waals surface area contributed by atoms with Gasteiger partial charge in [0.05, 0.1) is 18.2 Å². The number of ether oxygens (including phenoxy) is 1. The van der Waals surface area contributed by atoms with Gasteiger partial charge < -0.3 is 15.2 Å². The molecule has 1 amide bonds. The molecule has 0 saturated carbocycles. The lowest BCUT2D eigenvalue weighted by molar-refractivity contribution is 0.0837. The number of nitrogens with zero attached hydrogens (tertiary/aromatic N) is 1. The fourth-order valence-electron chi connectivity index (χ4n) is 2.78. The molecule has 2 bridgehead atoms. The van der Waals surface area contributed by atoms with E-state index < -0.39 is 0 Å². The Morgan fingerprint density at radius 3 is 3.00 bits per heavy atom. The minimum absolute atomic E-state index is 0.108. The molecule has 2 aliphatic rings. The summed E-state index contributed by atoms with van der Waals surface area (Å²) in [6.45, 7) is -0.188. The van der Waals surface area contributed by atoms with Crippen LogP contribution in [0.5, 0.6) is 0 Å². The third-order valence-electron chi connectivity index (χ3n) is 3.73. The molecule has 0 spiro atoms. The highest BCUT2D eigenvalue weighted by Gasteiger charge is 2.41. The molecule has 104 valence electrons. The van der Waals surface area contributed by atoms with Crippen molar-refractivity contribution in [3.05, 3.63) is 29.6 Å². The van der Waals surface area contributed by atoms with Crippen molar-refractivity contribution in [2.24, 2.45) is 0 Å². The predicted molar refractivity (Wildman–Crippen MR) is 72.0 cm³/mol. The van der Waals surface area contributed by atoms with Crippen LogP contribution in [-0.2, 0) is 4.74 Å². The Kier molecular flexibility index (Phi) is 3.68. The molecule has 5 heteroatoms. The van der Waals surface area contributed by atoms with Crippen LogP contribution in [0.4, 0.5) is 0 Å². The molecule has 1 aromatic heterocycles. The van der Waals surface area contributed by atoms with E-state index in [4.69, 9.17) is 9.84 Å². The van der Waals surface area contributed by atoms with Crippen LogP contribution >= 0.6 is 0 Å². The van der Waals surface area contributed by atoms with E-state index in [0.29, 0.717) is 17.4 Å². The third-order valence-corrected chi connectivity index (χ3v) is 3.73. The van der Waals surface area contributed by atoms with E-state index >= 15 is 0 Å². The Morgan fingerprint density at radius 2 is 2.40 bits per heavy atom. The van der Waals surface area contributed by atoms with E-state index in [0.717, 1.165) is 19.3 Å². The van der Waals surface area contributed by atoms with Crippen LogP contribution in [0.3, 0.4) is 0 Å². The van der Waals surface area contributed by atoms with Crippen LogP contribution in [0.1, 0.15) is 35.3 Å². The van der Waals surface area contributed by atoms with Gasteiger partial charge in [0.2, 0.25) is 0 Å². The molecular weight excluding hydrogens is 256 g/mol. The summed E-state index contributed by atoms with van der Waals surface area (Å²) in [5, 5.41) is 11.6. The highest BCUT2D eigenvalue weighted by molar-refractivity contribution is 5.92. The lowest BCUT2D eigenvalue weighted by Crippen LogP contribution is -2.41. The molecule has 2 N–H and O–H groups in total. The van der Waals surface area contributed by atoms with Gasteiger partial charge in [-0.2, -0.15) is 0 Å². The van der Waals surface area contributed by atoms with Crippen LogP contribution in [0.25, 0.3) is 0 Å². The number of aromatic nitrogens is 1. The first-order valence-electron chi connectivity index (χ1n) is 6.78. The lowest BCUT2D eigenvalue weighted by Gasteiger charge is -2.19. The van der Waals surface area contributed by atoms with Crippen molar-refractivity contribution < 1.29 is 14.6 Å². The number of hydrogen-bond donors (Lipinski definition) is 2. The Morgan fingerprint density at radius 1 is 1.50 bits per heavy atom. The molecule has 3 unspecified atom stereocenters. The van der Waals surface area contributed by atoms with E-state index in [1.807, 2.05) is 0 Å². The normalized spacial score (nSPS) is 26.9. The second-order valence-electron chi connectivity index (χ2n) is 5.08. The number of carbonyl (C=O) groups excluding carboxylic acids is 1. The van der Waals surface area contributed by atoms with Crippen molar-refractivity contribution in [2.75, 3.05) is 6.61 Å². The fourth-order valence-corrected chi connectivity index (χ4v) is 2.78. The van der Waals surface area contributed by atoms with Crippen molar-refractivity contribution >= 4 is 5.91 Å². The van der Waals surface area contributed by atoms with Gasteiger partial charge in [-0.25, -0.2) is 4.98 Å². The number of fused-ring (bicyclic) bond motifs is 2. The predicted octanol–water partition coefficient (Wildman–Crippen LogP) is 0.475. The summed E-state index contributed by atoms with van der Waals surface area (Å²) >= 11 is 0. The van der Waals surface area contributed by atoms with Gasteiger partial charge in [-0.3, -0.25) is 4.79 Å². The number of pyridine rings is 1. The van der Waals surface area contributed by atoms with Crippen LogP contribution in [0.15, 0.2) is 18.3 Å². The van der Waals surface area contributed by atoms with E-state index in [9.17, 15) is 4.79 Å². The standard InChI is InChI=1S/C15H16N2O3/c18-7-1-2-10-3-5-12(16-9-10)15(19)17-13-8-11-4-6-14(13)20-11/h3,5,9,11,13-14,18H,4,6-8H2,(H,17,19). The summed E-state index contributed by atoms with van der Waals surface area (Å²) in [7, 11) is 0. The molecule has 3 atom stereocenters. The number of nitrogens with one attached hydrogen (secondary N) is 1. The zero-order valence-corrected chi connectivity index (χ0v) is 11.0. The van der Waals surface area contributed by atoms with E-state index in [2.05, 4.69) is 22.1 Å². The molecule has 3 heterocycles. The van der Waals surface area contributed by atoms with Crippen molar-refractivity contribution in [3.63, 3.8) is 0 Å². The molecule has 5 nitrogen and oxygen atoms in total. The van der Waals surface area contributed by atoms with E-state index in [1.54, 1.807) is 12.1 Å². The van der Waals surface area contributed by atoms with Crippen LogP contribution in [0, 0.1) is 11.8 Å². The Balaban J connectivity index is 1.62. The molecular formula is C15H16N2O3. The topological polar surface area (TPSA) is 71.5 Å². The van der Waals surface area contributed by atoms with Gasteiger partial charge in [0.25, 0.3) is 5.91 Å². The summed E-state index contributed by atoms with van der Waals surface area (Å²) in [4.78, 5) is 16.2. The zero-order chi connectivity index (χ0) is 13.9. The van der Waals surface area contributed by atoms with Crippen molar-refractivity contribution in [1.82, 2.24) is 10.3 Å². The minimum Gasteiger partial charge on any atom is -0.384 e. The van der Waals surface area contributed by atoms with Gasteiger partial charge >= 0.3 is 0 Å². The van der Waals surface area contributed by atoms with Gasteiger partial charge in [0.15, 0.2) is 0 Å². The summed E-state index contributed by atoms with van der Waals surface area (Å²) < 4.78 is 5.71. The zero-order valence-electron chi connectivity index (χ0n) is 11.0. The maximum atomic E-state index is 12.1. The van der Waals surface area contributed by atoms with Gasteiger partial charge in [-0.15, -0.1) is 0 Å². The number of hydrogen-bond acceptors (Lipinski definition) is 4. The largest absolute Gasteiger partial charge is 0.384 e. The molecule has 0 aliphatic carbocycles. The first-order valence-corrected chi connectivity index (χ1v) is 6.78. The molecule has 0 aromatic carbocycles. The summed E-state index contributed by atoms with van der Waals surface area (Å²) in [6, 6.07) is 3.48. The monoisotopic (exact) mass is 272 g/mol. The Hall–Kier alpha value is -1.90. The quantitative estimate of drug-likeness (QED) is 0.768. The molecule has 20 heavy (non-hydrogen) atoms. The van der Waals surface area contributed by atoms with E-state index in [-0.39, 0.29) is 24.7 Å². The van der Waals surface area contributed by atoms with Gasteiger partial charge in [-0.1, -0.05) is 11.8 Å². The Labute approximate surface area is 117 Å². The fraction of sp³-hybridized carbons (Fsp3) is 0.467. The van der Waals surface area contributed by atoms with Crippen molar-refractivity contribution in [2.45, 2.75) is 37.5 Å². The van der Waals surface area contributed by atoms with E-state index in [1.165, 1.54) is 6.20 Å². The second kappa shape index (κ2) is 5.61. The summed E-state index contributed by atoms with van der Waals surface area (Å²) in [5.74, 6) is 5.11. The molecule has 1 aromatic rings. The molecule has 3 rings (SSSR count). The summed E-state index contributed by atoms with van der Waals surface area (Å²) in [5.41, 5.74) is 1.06. The van der Waals surface area contributed by atoms with Gasteiger partial charge in [-0.05, 0) is 31.4 Å². The van der Waals surface area contributed by atoms with Crippen LogP contribution < -0.4 is 5.32 Å². The molecule has 2 saturated heterocycles. The summed E-state index contributed by atoms with van der Waals surface area (Å²) in [6.07, 6.45) is 5.05. The first-order chi connectivity index (χ1) is 9.76. The Bertz CT molecular complexity index is 559. The number of amides is 1. The molecule has 2 aliphatic heterocycles. The number of rotatable bonds is 2. The number of aliphatic hydroxyl groups excluding tert-OH is 1. The smallest absolute Gasteiger partial charge is 0.270 e. The average Bonchev–Trinajstić information content (AvgIpc) is 3.08. The lowest BCUT2D eigenvalue weighted by atomic mass is 9.95. The highest BCUT2D eigenvalue weighted by atomic mass is 16.5. The number of carbonyl (C=O) groups is 1. The van der Waals surface area contributed by atoms with Crippen LogP contribution in [0.2, 0.25) is 0 Å². The van der Waals surface area contributed by atoms with Gasteiger partial charge in [0, 0.05) is 11.8 Å². The highest BCUT2D eigenvalue weighted by Crippen LogP contribution is 2.34. The number of aliphatic hydroxyl groups is 1. The molecule has 0 radical (unpaired) electrons. The second-order valence-corrected chi connectivity index (χ2v) is 5.08. The SMILES string of the molecule is O=C(NC1CC2CCC1O2)c1ccc(C#CCO)cn1. The maximum absolute atomic E-state index is 12.1. The van der Waals surface area contributed by atoms with Crippen molar-refractivity contribution in [1.29, 1.82) is 0 Å². The first kappa shape index (κ1) is 13.1.